The highest BCUT2D eigenvalue weighted by Gasteiger charge is 2.36. The van der Waals surface area contributed by atoms with E-state index in [0.29, 0.717) is 17.0 Å². The predicted molar refractivity (Wildman–Crippen MR) is 105 cm³/mol. The quantitative estimate of drug-likeness (QED) is 0.770. The predicted octanol–water partition coefficient (Wildman–Crippen LogP) is 4.20. The molecule has 0 aliphatic rings. The number of esters is 1. The van der Waals surface area contributed by atoms with Crippen molar-refractivity contribution in [3.05, 3.63) is 39.9 Å². The van der Waals surface area contributed by atoms with Crippen LogP contribution >= 0.6 is 11.3 Å². The summed E-state index contributed by atoms with van der Waals surface area (Å²) < 4.78 is 4.87. The number of benzene rings is 1. The van der Waals surface area contributed by atoms with Crippen molar-refractivity contribution in [1.29, 1.82) is 0 Å². The first kappa shape index (κ1) is 20.1. The van der Waals surface area contributed by atoms with Crippen LogP contribution in [0.3, 0.4) is 0 Å². The van der Waals surface area contributed by atoms with Crippen molar-refractivity contribution in [2.24, 2.45) is 0 Å². The standard InChI is InChI=1S/C20H26N2O3S/c1-7-10-20(5,19(24)25-6)22-17(23)16-14(4)21-18(26-16)15-9-8-12(2)11-13(15)3/h8-9,11H,7,10H2,1-6H3,(H,22,23). The van der Waals surface area contributed by atoms with Gasteiger partial charge in [0.05, 0.1) is 12.8 Å². The van der Waals surface area contributed by atoms with E-state index in [1.807, 2.05) is 39.8 Å². The normalized spacial score (nSPS) is 13.2. The van der Waals surface area contributed by atoms with Gasteiger partial charge >= 0.3 is 5.97 Å². The molecule has 26 heavy (non-hydrogen) atoms. The van der Waals surface area contributed by atoms with Gasteiger partial charge in [0.1, 0.15) is 15.4 Å². The van der Waals surface area contributed by atoms with Gasteiger partial charge in [-0.15, -0.1) is 11.3 Å². The highest BCUT2D eigenvalue weighted by Crippen LogP contribution is 2.31. The number of thiazole rings is 1. The van der Waals surface area contributed by atoms with Crippen LogP contribution in [0, 0.1) is 20.8 Å². The van der Waals surface area contributed by atoms with Gasteiger partial charge in [-0.25, -0.2) is 9.78 Å². The molecule has 0 radical (unpaired) electrons. The lowest BCUT2D eigenvalue weighted by molar-refractivity contribution is -0.147. The molecule has 0 saturated carbocycles. The van der Waals surface area contributed by atoms with Crippen LogP contribution in [-0.2, 0) is 9.53 Å². The zero-order valence-electron chi connectivity index (χ0n) is 16.2. The Labute approximate surface area is 158 Å². The number of aromatic nitrogens is 1. The van der Waals surface area contributed by atoms with Gasteiger partial charge in [-0.2, -0.15) is 0 Å². The Kier molecular flexibility index (Phi) is 6.18. The number of carbonyl (C=O) groups excluding carboxylic acids is 2. The lowest BCUT2D eigenvalue weighted by Gasteiger charge is -2.27. The van der Waals surface area contributed by atoms with E-state index in [1.165, 1.54) is 24.0 Å². The van der Waals surface area contributed by atoms with E-state index in [-0.39, 0.29) is 5.91 Å². The van der Waals surface area contributed by atoms with Gasteiger partial charge in [0.2, 0.25) is 0 Å². The SMILES string of the molecule is CCCC(C)(NC(=O)c1sc(-c2ccc(C)cc2C)nc1C)C(=O)OC. The average molecular weight is 375 g/mol. The number of ether oxygens (including phenoxy) is 1. The van der Waals surface area contributed by atoms with Gasteiger partial charge in [0.15, 0.2) is 0 Å². The number of amides is 1. The maximum atomic E-state index is 12.8. The average Bonchev–Trinajstić information content (AvgIpc) is 2.95. The van der Waals surface area contributed by atoms with E-state index in [4.69, 9.17) is 4.74 Å². The van der Waals surface area contributed by atoms with Crippen molar-refractivity contribution in [1.82, 2.24) is 10.3 Å². The molecule has 2 aromatic rings. The maximum absolute atomic E-state index is 12.8. The third-order valence-electron chi connectivity index (χ3n) is 4.39. The molecule has 1 heterocycles. The third kappa shape index (κ3) is 4.12. The van der Waals surface area contributed by atoms with Crippen LogP contribution in [0.4, 0.5) is 0 Å². The second kappa shape index (κ2) is 7.99. The molecule has 1 aromatic carbocycles. The fourth-order valence-corrected chi connectivity index (χ4v) is 4.08. The summed E-state index contributed by atoms with van der Waals surface area (Å²) in [7, 11) is 1.33. The Balaban J connectivity index is 2.33. The molecular formula is C20H26N2O3S. The lowest BCUT2D eigenvalue weighted by Crippen LogP contribution is -2.52. The highest BCUT2D eigenvalue weighted by molar-refractivity contribution is 7.17. The minimum Gasteiger partial charge on any atom is -0.467 e. The molecule has 6 heteroatoms. The van der Waals surface area contributed by atoms with Gasteiger partial charge in [-0.05, 0) is 39.7 Å². The molecule has 0 aliphatic heterocycles. The largest absolute Gasteiger partial charge is 0.467 e. The van der Waals surface area contributed by atoms with E-state index in [1.54, 1.807) is 6.92 Å². The molecule has 1 atom stereocenters. The van der Waals surface area contributed by atoms with Crippen molar-refractivity contribution < 1.29 is 14.3 Å². The van der Waals surface area contributed by atoms with Gasteiger partial charge in [0, 0.05) is 5.56 Å². The maximum Gasteiger partial charge on any atom is 0.331 e. The topological polar surface area (TPSA) is 68.3 Å². The zero-order valence-corrected chi connectivity index (χ0v) is 17.0. The minimum atomic E-state index is -1.04. The van der Waals surface area contributed by atoms with Crippen molar-refractivity contribution in [2.75, 3.05) is 7.11 Å². The lowest BCUT2D eigenvalue weighted by atomic mass is 9.96. The summed E-state index contributed by atoms with van der Waals surface area (Å²) in [6, 6.07) is 6.16. The molecular weight excluding hydrogens is 348 g/mol. The highest BCUT2D eigenvalue weighted by atomic mass is 32.1. The van der Waals surface area contributed by atoms with Gasteiger partial charge in [-0.3, -0.25) is 4.79 Å². The molecule has 0 saturated heterocycles. The first-order valence-electron chi connectivity index (χ1n) is 8.67. The number of nitrogens with zero attached hydrogens (tertiary/aromatic N) is 1. The first-order valence-corrected chi connectivity index (χ1v) is 9.49. The minimum absolute atomic E-state index is 0.294. The first-order chi connectivity index (χ1) is 12.2. The summed E-state index contributed by atoms with van der Waals surface area (Å²) in [5.74, 6) is -0.734. The number of carbonyl (C=O) groups is 2. The fourth-order valence-electron chi connectivity index (χ4n) is 3.02. The summed E-state index contributed by atoms with van der Waals surface area (Å²) in [5, 5.41) is 3.65. The second-order valence-electron chi connectivity index (χ2n) is 6.78. The number of nitrogens with one attached hydrogen (secondary N) is 1. The second-order valence-corrected chi connectivity index (χ2v) is 7.78. The van der Waals surface area contributed by atoms with Gasteiger partial charge < -0.3 is 10.1 Å². The fraction of sp³-hybridized carbons (Fsp3) is 0.450. The van der Waals surface area contributed by atoms with Gasteiger partial charge in [0.25, 0.3) is 5.91 Å². The molecule has 0 spiro atoms. The zero-order chi connectivity index (χ0) is 19.5. The molecule has 0 fully saturated rings. The molecule has 2 rings (SSSR count). The van der Waals surface area contributed by atoms with Crippen molar-refractivity contribution in [2.45, 2.75) is 53.0 Å². The van der Waals surface area contributed by atoms with E-state index in [0.717, 1.165) is 22.6 Å². The van der Waals surface area contributed by atoms with E-state index in [9.17, 15) is 9.59 Å². The van der Waals surface area contributed by atoms with Gasteiger partial charge in [-0.1, -0.05) is 37.1 Å². The summed E-state index contributed by atoms with van der Waals surface area (Å²) in [4.78, 5) is 30.0. The van der Waals surface area contributed by atoms with Crippen molar-refractivity contribution >= 4 is 23.2 Å². The van der Waals surface area contributed by atoms with Crippen LogP contribution in [0.2, 0.25) is 0 Å². The summed E-state index contributed by atoms with van der Waals surface area (Å²) in [5.41, 5.74) is 2.94. The molecule has 1 amide bonds. The Morgan fingerprint density at radius 2 is 1.96 bits per heavy atom. The van der Waals surface area contributed by atoms with E-state index < -0.39 is 11.5 Å². The summed E-state index contributed by atoms with van der Waals surface area (Å²) >= 11 is 1.34. The van der Waals surface area contributed by atoms with E-state index in [2.05, 4.69) is 16.4 Å². The molecule has 1 N–H and O–H groups in total. The Morgan fingerprint density at radius 3 is 2.54 bits per heavy atom. The Hall–Kier alpha value is -2.21. The van der Waals surface area contributed by atoms with Crippen LogP contribution in [0.5, 0.6) is 0 Å². The van der Waals surface area contributed by atoms with Crippen LogP contribution in [0.15, 0.2) is 18.2 Å². The van der Waals surface area contributed by atoms with Crippen molar-refractivity contribution in [3.8, 4) is 10.6 Å². The number of rotatable bonds is 6. The van der Waals surface area contributed by atoms with Crippen LogP contribution in [0.25, 0.3) is 10.6 Å². The monoisotopic (exact) mass is 374 g/mol. The van der Waals surface area contributed by atoms with Crippen LogP contribution in [0.1, 0.15) is 53.2 Å². The molecule has 0 bridgehead atoms. The molecule has 1 aromatic heterocycles. The van der Waals surface area contributed by atoms with Crippen LogP contribution < -0.4 is 5.32 Å². The van der Waals surface area contributed by atoms with Crippen LogP contribution in [-0.4, -0.2) is 29.5 Å². The van der Waals surface area contributed by atoms with Crippen molar-refractivity contribution in [3.63, 3.8) is 0 Å². The third-order valence-corrected chi connectivity index (χ3v) is 5.58. The smallest absolute Gasteiger partial charge is 0.331 e. The molecule has 5 nitrogen and oxygen atoms in total. The summed E-state index contributed by atoms with van der Waals surface area (Å²) in [6.07, 6.45) is 1.26. The summed E-state index contributed by atoms with van der Waals surface area (Å²) in [6.45, 7) is 9.55. The number of aryl methyl sites for hydroxylation is 3. The number of methoxy groups -OCH3 is 1. The number of hydrogen-bond donors (Lipinski definition) is 1. The molecule has 0 aliphatic carbocycles. The molecule has 140 valence electrons. The van der Waals surface area contributed by atoms with E-state index >= 15 is 0 Å². The Bertz CT molecular complexity index is 828. The molecule has 1 unspecified atom stereocenters. The Morgan fingerprint density at radius 1 is 1.27 bits per heavy atom. The number of hydrogen-bond acceptors (Lipinski definition) is 5.